The smallest absolute Gasteiger partial charge is 0.282 e. The number of hydrogen-bond donors (Lipinski definition) is 1. The van der Waals surface area contributed by atoms with Crippen molar-refractivity contribution in [3.63, 3.8) is 0 Å². The number of hydrogen-bond acceptors (Lipinski definition) is 3. The first-order valence-electron chi connectivity index (χ1n) is 8.46. The van der Waals surface area contributed by atoms with Gasteiger partial charge in [-0.15, -0.1) is 0 Å². The fourth-order valence-corrected chi connectivity index (χ4v) is 5.69. The summed E-state index contributed by atoms with van der Waals surface area (Å²) in [4.78, 5) is 0. The average molecular weight is 317 g/mol. The second kappa shape index (κ2) is 7.40. The quantitative estimate of drug-likeness (QED) is 0.841. The second-order valence-electron chi connectivity index (χ2n) is 6.68. The Balaban J connectivity index is 2.15. The zero-order valence-electron chi connectivity index (χ0n) is 13.7. The van der Waals surface area contributed by atoms with E-state index in [1.807, 2.05) is 6.92 Å². The lowest BCUT2D eigenvalue weighted by Crippen LogP contribution is -2.57. The maximum Gasteiger partial charge on any atom is 0.282 e. The van der Waals surface area contributed by atoms with Crippen molar-refractivity contribution in [2.75, 3.05) is 26.2 Å². The van der Waals surface area contributed by atoms with Crippen LogP contribution in [0.4, 0.5) is 0 Å². The first kappa shape index (κ1) is 17.2. The van der Waals surface area contributed by atoms with Gasteiger partial charge >= 0.3 is 0 Å². The molecule has 2 saturated heterocycles. The lowest BCUT2D eigenvalue weighted by atomic mass is 9.97. The number of piperidine rings is 2. The van der Waals surface area contributed by atoms with Crippen molar-refractivity contribution in [3.05, 3.63) is 0 Å². The van der Waals surface area contributed by atoms with E-state index in [9.17, 15) is 8.42 Å². The van der Waals surface area contributed by atoms with E-state index in [-0.39, 0.29) is 12.1 Å². The van der Waals surface area contributed by atoms with Crippen LogP contribution in [0.15, 0.2) is 0 Å². The molecule has 0 spiro atoms. The highest BCUT2D eigenvalue weighted by Crippen LogP contribution is 2.29. The van der Waals surface area contributed by atoms with E-state index in [1.54, 1.807) is 8.61 Å². The number of nitrogens with one attached hydrogen (secondary N) is 1. The number of nitrogens with zero attached hydrogens (tertiary/aromatic N) is 2. The zero-order chi connectivity index (χ0) is 15.5. The standard InChI is InChI=1S/C15H31N3O2S/c1-4-16-11-15-7-5-6-10-17(15)21(19,20)18-12-13(2)8-9-14(18)3/h13-16H,4-12H2,1-3H3. The highest BCUT2D eigenvalue weighted by molar-refractivity contribution is 7.86. The maximum absolute atomic E-state index is 13.1. The molecule has 124 valence electrons. The molecule has 2 fully saturated rings. The van der Waals surface area contributed by atoms with Gasteiger partial charge in [0, 0.05) is 31.7 Å². The van der Waals surface area contributed by atoms with Gasteiger partial charge in [0.1, 0.15) is 0 Å². The Labute approximate surface area is 130 Å². The summed E-state index contributed by atoms with van der Waals surface area (Å²) in [6.45, 7) is 9.28. The highest BCUT2D eigenvalue weighted by atomic mass is 32.2. The van der Waals surface area contributed by atoms with Crippen molar-refractivity contribution in [2.45, 2.75) is 65.0 Å². The molecular formula is C15H31N3O2S. The van der Waals surface area contributed by atoms with E-state index in [4.69, 9.17) is 0 Å². The van der Waals surface area contributed by atoms with Crippen LogP contribution in [0, 0.1) is 5.92 Å². The van der Waals surface area contributed by atoms with Crippen molar-refractivity contribution in [2.24, 2.45) is 5.92 Å². The van der Waals surface area contributed by atoms with Crippen LogP contribution in [0.5, 0.6) is 0 Å². The lowest BCUT2D eigenvalue weighted by Gasteiger charge is -2.42. The van der Waals surface area contributed by atoms with Gasteiger partial charge in [0.25, 0.3) is 10.2 Å². The molecule has 5 nitrogen and oxygen atoms in total. The van der Waals surface area contributed by atoms with Crippen molar-refractivity contribution >= 4 is 10.2 Å². The first-order chi connectivity index (χ1) is 9.96. The summed E-state index contributed by atoms with van der Waals surface area (Å²) >= 11 is 0. The summed E-state index contributed by atoms with van der Waals surface area (Å²) in [5.41, 5.74) is 0. The van der Waals surface area contributed by atoms with Gasteiger partial charge < -0.3 is 5.32 Å². The van der Waals surface area contributed by atoms with Crippen LogP contribution < -0.4 is 5.32 Å². The highest BCUT2D eigenvalue weighted by Gasteiger charge is 2.40. The van der Waals surface area contributed by atoms with Crippen molar-refractivity contribution in [1.82, 2.24) is 13.9 Å². The molecule has 0 aromatic heterocycles. The Bertz CT molecular complexity index is 427. The van der Waals surface area contributed by atoms with Crippen LogP contribution in [0.2, 0.25) is 0 Å². The third kappa shape index (κ3) is 3.97. The fraction of sp³-hybridized carbons (Fsp3) is 1.00. The monoisotopic (exact) mass is 317 g/mol. The third-order valence-corrected chi connectivity index (χ3v) is 7.03. The van der Waals surface area contributed by atoms with E-state index in [1.165, 1.54) is 0 Å². The molecule has 0 aliphatic carbocycles. The van der Waals surface area contributed by atoms with E-state index in [2.05, 4.69) is 19.2 Å². The number of likely N-dealkylation sites (N-methyl/N-ethyl adjacent to an activating group) is 1. The average Bonchev–Trinajstić information content (AvgIpc) is 2.47. The van der Waals surface area contributed by atoms with Crippen LogP contribution in [0.3, 0.4) is 0 Å². The molecule has 3 atom stereocenters. The minimum Gasteiger partial charge on any atom is -0.315 e. The Kier molecular flexibility index (Phi) is 6.05. The second-order valence-corrected chi connectivity index (χ2v) is 8.51. The molecule has 0 aromatic rings. The zero-order valence-corrected chi connectivity index (χ0v) is 14.5. The molecular weight excluding hydrogens is 286 g/mol. The third-order valence-electron chi connectivity index (χ3n) is 4.86. The molecule has 0 saturated carbocycles. The molecule has 2 aliphatic heterocycles. The molecule has 0 bridgehead atoms. The van der Waals surface area contributed by atoms with Crippen LogP contribution in [-0.4, -0.2) is 55.3 Å². The number of rotatable bonds is 5. The van der Waals surface area contributed by atoms with E-state index in [0.29, 0.717) is 19.0 Å². The van der Waals surface area contributed by atoms with E-state index in [0.717, 1.165) is 45.2 Å². The maximum atomic E-state index is 13.1. The molecule has 1 N–H and O–H groups in total. The largest absolute Gasteiger partial charge is 0.315 e. The summed E-state index contributed by atoms with van der Waals surface area (Å²) in [7, 11) is -3.32. The summed E-state index contributed by atoms with van der Waals surface area (Å²) in [6.07, 6.45) is 5.21. The predicted octanol–water partition coefficient (Wildman–Crippen LogP) is 1.82. The Morgan fingerprint density at radius 1 is 1.10 bits per heavy atom. The fourth-order valence-electron chi connectivity index (χ4n) is 3.50. The lowest BCUT2D eigenvalue weighted by molar-refractivity contribution is 0.178. The molecule has 21 heavy (non-hydrogen) atoms. The van der Waals surface area contributed by atoms with Crippen LogP contribution in [0.25, 0.3) is 0 Å². The van der Waals surface area contributed by atoms with Crippen LogP contribution in [0.1, 0.15) is 52.9 Å². The van der Waals surface area contributed by atoms with Gasteiger partial charge in [-0.05, 0) is 45.1 Å². The topological polar surface area (TPSA) is 52.7 Å². The minimum absolute atomic E-state index is 0.119. The van der Waals surface area contributed by atoms with Gasteiger partial charge in [-0.2, -0.15) is 17.0 Å². The molecule has 0 amide bonds. The molecule has 0 radical (unpaired) electrons. The van der Waals surface area contributed by atoms with Crippen molar-refractivity contribution in [3.8, 4) is 0 Å². The first-order valence-corrected chi connectivity index (χ1v) is 9.85. The molecule has 0 aromatic carbocycles. The van der Waals surface area contributed by atoms with Gasteiger partial charge in [0.15, 0.2) is 0 Å². The van der Waals surface area contributed by atoms with Gasteiger partial charge in [0.2, 0.25) is 0 Å². The van der Waals surface area contributed by atoms with Crippen molar-refractivity contribution < 1.29 is 8.42 Å². The van der Waals surface area contributed by atoms with Crippen LogP contribution in [-0.2, 0) is 10.2 Å². The van der Waals surface area contributed by atoms with Crippen molar-refractivity contribution in [1.29, 1.82) is 0 Å². The molecule has 3 unspecified atom stereocenters. The van der Waals surface area contributed by atoms with Gasteiger partial charge in [0.05, 0.1) is 0 Å². The Morgan fingerprint density at radius 3 is 2.57 bits per heavy atom. The van der Waals surface area contributed by atoms with E-state index < -0.39 is 10.2 Å². The molecule has 2 aliphatic rings. The molecule has 2 heterocycles. The van der Waals surface area contributed by atoms with Crippen LogP contribution >= 0.6 is 0 Å². The predicted molar refractivity (Wildman–Crippen MR) is 86.4 cm³/mol. The van der Waals surface area contributed by atoms with E-state index >= 15 is 0 Å². The normalized spacial score (nSPS) is 33.2. The Morgan fingerprint density at radius 2 is 1.86 bits per heavy atom. The summed E-state index contributed by atoms with van der Waals surface area (Å²) in [5.74, 6) is 0.466. The summed E-state index contributed by atoms with van der Waals surface area (Å²) < 4.78 is 29.7. The summed E-state index contributed by atoms with van der Waals surface area (Å²) in [5, 5.41) is 3.32. The summed E-state index contributed by atoms with van der Waals surface area (Å²) in [6, 6.07) is 0.251. The Hall–Kier alpha value is -0.170. The van der Waals surface area contributed by atoms with Gasteiger partial charge in [-0.3, -0.25) is 0 Å². The molecule has 2 rings (SSSR count). The molecule has 6 heteroatoms. The minimum atomic E-state index is -3.32. The SMILES string of the molecule is CCNCC1CCCCN1S(=O)(=O)N1CC(C)CCC1C. The van der Waals surface area contributed by atoms with Gasteiger partial charge in [-0.1, -0.05) is 20.3 Å². The van der Waals surface area contributed by atoms with Gasteiger partial charge in [-0.25, -0.2) is 0 Å².